The number of carboxylic acids is 2. The van der Waals surface area contributed by atoms with E-state index in [4.69, 9.17) is 20.4 Å². The summed E-state index contributed by atoms with van der Waals surface area (Å²) in [7, 11) is 2.98. The monoisotopic (exact) mass is 338 g/mol. The molecule has 0 aliphatic carbocycles. The minimum absolute atomic E-state index is 0.130. The van der Waals surface area contributed by atoms with Crippen molar-refractivity contribution < 1.29 is 40.2 Å². The van der Waals surface area contributed by atoms with Crippen LogP contribution in [0.15, 0.2) is 0 Å². The van der Waals surface area contributed by atoms with E-state index in [1.807, 2.05) is 0 Å². The highest BCUT2D eigenvalue weighted by atomic mass is 16.5. The average Bonchev–Trinajstić information content (AvgIpc) is 2.40. The van der Waals surface area contributed by atoms with Crippen molar-refractivity contribution in [2.24, 2.45) is 0 Å². The smallest absolute Gasteiger partial charge is 0.321 e. The molecule has 0 rings (SSSR count). The standard InChI is InChI=1S/C13H26N2O8/c1-7(15(3)9(13(22)23)5-11(18)19)6-14(2)8(12(20)21)4-10(16)17/h7-9,11,13,18-19,22-23H,4-6H2,1-3H3,(H,16,17)(H,20,21). The molecule has 0 heterocycles. The van der Waals surface area contributed by atoms with Crippen LogP contribution in [0.3, 0.4) is 0 Å². The first-order valence-electron chi connectivity index (χ1n) is 7.06. The fourth-order valence-corrected chi connectivity index (χ4v) is 2.31. The molecule has 10 nitrogen and oxygen atoms in total. The molecule has 10 heteroatoms. The highest BCUT2D eigenvalue weighted by molar-refractivity contribution is 5.80. The number of aliphatic hydroxyl groups excluding tert-OH is 2. The van der Waals surface area contributed by atoms with Gasteiger partial charge in [0.05, 0.1) is 12.5 Å². The number of hydrogen-bond donors (Lipinski definition) is 6. The minimum Gasteiger partial charge on any atom is -0.481 e. The number of aliphatic hydroxyl groups is 4. The maximum Gasteiger partial charge on any atom is 0.321 e. The fourth-order valence-electron chi connectivity index (χ4n) is 2.31. The summed E-state index contributed by atoms with van der Waals surface area (Å²) in [5, 5.41) is 54.5. The molecule has 0 aromatic rings. The van der Waals surface area contributed by atoms with Gasteiger partial charge in [-0.2, -0.15) is 0 Å². The largest absolute Gasteiger partial charge is 0.481 e. The van der Waals surface area contributed by atoms with Crippen molar-refractivity contribution in [3.8, 4) is 0 Å². The van der Waals surface area contributed by atoms with Crippen LogP contribution in [-0.4, -0.2) is 104 Å². The molecule has 0 aromatic heterocycles. The van der Waals surface area contributed by atoms with Crippen LogP contribution in [0.5, 0.6) is 0 Å². The number of aliphatic carboxylic acids is 2. The van der Waals surface area contributed by atoms with Gasteiger partial charge in [-0.25, -0.2) is 0 Å². The van der Waals surface area contributed by atoms with Gasteiger partial charge in [0.2, 0.25) is 0 Å². The molecule has 0 fully saturated rings. The van der Waals surface area contributed by atoms with Crippen molar-refractivity contribution in [3.63, 3.8) is 0 Å². The molecule has 0 aliphatic heterocycles. The number of carboxylic acid groups (broad SMARTS) is 2. The normalized spacial score (nSPS) is 16.1. The van der Waals surface area contributed by atoms with E-state index in [0.717, 1.165) is 0 Å². The molecule has 0 saturated heterocycles. The van der Waals surface area contributed by atoms with Crippen LogP contribution in [0.25, 0.3) is 0 Å². The number of likely N-dealkylation sites (N-methyl/N-ethyl adjacent to an activating group) is 2. The lowest BCUT2D eigenvalue weighted by Gasteiger charge is -2.37. The van der Waals surface area contributed by atoms with Gasteiger partial charge < -0.3 is 30.6 Å². The van der Waals surface area contributed by atoms with Gasteiger partial charge in [0.25, 0.3) is 0 Å². The zero-order chi connectivity index (χ0) is 18.3. The van der Waals surface area contributed by atoms with Crippen molar-refractivity contribution in [1.29, 1.82) is 0 Å². The molecule has 0 amide bonds. The van der Waals surface area contributed by atoms with Gasteiger partial charge in [0.1, 0.15) is 6.04 Å². The molecular formula is C13H26N2O8. The zero-order valence-corrected chi connectivity index (χ0v) is 13.4. The highest BCUT2D eigenvalue weighted by Gasteiger charge is 2.31. The van der Waals surface area contributed by atoms with Gasteiger partial charge in [-0.15, -0.1) is 0 Å². The number of rotatable bonds is 11. The SMILES string of the molecule is CC(CN(C)C(CC(=O)O)C(=O)O)N(C)C(CC(O)O)C(O)O. The maximum absolute atomic E-state index is 11.2. The Morgan fingerprint density at radius 1 is 1.04 bits per heavy atom. The summed E-state index contributed by atoms with van der Waals surface area (Å²) in [5.41, 5.74) is 0. The van der Waals surface area contributed by atoms with Gasteiger partial charge in [0, 0.05) is 19.0 Å². The summed E-state index contributed by atoms with van der Waals surface area (Å²) >= 11 is 0. The van der Waals surface area contributed by atoms with E-state index in [2.05, 4.69) is 0 Å². The second-order valence-corrected chi connectivity index (χ2v) is 5.60. The molecule has 0 aromatic carbocycles. The second-order valence-electron chi connectivity index (χ2n) is 5.60. The van der Waals surface area contributed by atoms with E-state index in [-0.39, 0.29) is 13.0 Å². The van der Waals surface area contributed by atoms with E-state index in [1.165, 1.54) is 23.9 Å². The molecule has 0 bridgehead atoms. The quantitative estimate of drug-likeness (QED) is 0.223. The van der Waals surface area contributed by atoms with E-state index >= 15 is 0 Å². The van der Waals surface area contributed by atoms with Crippen LogP contribution in [0, 0.1) is 0 Å². The summed E-state index contributed by atoms with van der Waals surface area (Å²) in [4.78, 5) is 24.7. The first-order valence-corrected chi connectivity index (χ1v) is 7.06. The van der Waals surface area contributed by atoms with Gasteiger partial charge >= 0.3 is 11.9 Å². The first-order chi connectivity index (χ1) is 10.5. The predicted molar refractivity (Wildman–Crippen MR) is 78.4 cm³/mol. The number of hydrogen-bond acceptors (Lipinski definition) is 8. The molecular weight excluding hydrogens is 312 g/mol. The number of carbonyl (C=O) groups is 2. The van der Waals surface area contributed by atoms with Crippen molar-refractivity contribution in [3.05, 3.63) is 0 Å². The molecule has 3 unspecified atom stereocenters. The Balaban J connectivity index is 4.89. The lowest BCUT2D eigenvalue weighted by Crippen LogP contribution is -2.52. The summed E-state index contributed by atoms with van der Waals surface area (Å²) in [6, 6.07) is -2.59. The third-order valence-electron chi connectivity index (χ3n) is 3.75. The van der Waals surface area contributed by atoms with Crippen LogP contribution < -0.4 is 0 Å². The molecule has 3 atom stereocenters. The Kier molecular flexibility index (Phi) is 9.20. The van der Waals surface area contributed by atoms with E-state index in [1.54, 1.807) is 6.92 Å². The Bertz CT molecular complexity index is 390. The van der Waals surface area contributed by atoms with E-state index < -0.39 is 49.1 Å². The summed E-state index contributed by atoms with van der Waals surface area (Å²) in [6.45, 7) is 1.81. The second kappa shape index (κ2) is 9.75. The highest BCUT2D eigenvalue weighted by Crippen LogP contribution is 2.14. The predicted octanol–water partition coefficient (Wildman–Crippen LogP) is -2.45. The van der Waals surface area contributed by atoms with E-state index in [0.29, 0.717) is 0 Å². The van der Waals surface area contributed by atoms with Crippen LogP contribution in [-0.2, 0) is 9.59 Å². The molecule has 0 saturated carbocycles. The Hall–Kier alpha value is -1.30. The summed E-state index contributed by atoms with van der Waals surface area (Å²) in [5.74, 6) is -2.51. The Morgan fingerprint density at radius 3 is 1.91 bits per heavy atom. The van der Waals surface area contributed by atoms with E-state index in [9.17, 15) is 19.8 Å². The van der Waals surface area contributed by atoms with Crippen LogP contribution >= 0.6 is 0 Å². The van der Waals surface area contributed by atoms with Crippen molar-refractivity contribution in [1.82, 2.24) is 9.80 Å². The Labute approximate surface area is 134 Å². The lowest BCUT2D eigenvalue weighted by atomic mass is 10.1. The third kappa shape index (κ3) is 7.68. The van der Waals surface area contributed by atoms with Gasteiger partial charge in [-0.05, 0) is 21.0 Å². The molecule has 0 aliphatic rings. The van der Waals surface area contributed by atoms with Crippen LogP contribution in [0.1, 0.15) is 19.8 Å². The molecule has 136 valence electrons. The van der Waals surface area contributed by atoms with Gasteiger partial charge in [0.15, 0.2) is 12.6 Å². The van der Waals surface area contributed by atoms with Crippen molar-refractivity contribution in [2.75, 3.05) is 20.6 Å². The van der Waals surface area contributed by atoms with Crippen LogP contribution in [0.4, 0.5) is 0 Å². The lowest BCUT2D eigenvalue weighted by molar-refractivity contribution is -0.150. The van der Waals surface area contributed by atoms with Crippen molar-refractivity contribution >= 4 is 11.9 Å². The maximum atomic E-state index is 11.2. The van der Waals surface area contributed by atoms with Crippen molar-refractivity contribution in [2.45, 2.75) is 50.5 Å². The number of nitrogens with zero attached hydrogens (tertiary/aromatic N) is 2. The summed E-state index contributed by atoms with van der Waals surface area (Å²) in [6.07, 6.45) is -4.42. The zero-order valence-electron chi connectivity index (χ0n) is 13.4. The van der Waals surface area contributed by atoms with Gasteiger partial charge in [-0.3, -0.25) is 19.4 Å². The average molecular weight is 338 g/mol. The third-order valence-corrected chi connectivity index (χ3v) is 3.75. The Morgan fingerprint density at radius 2 is 1.57 bits per heavy atom. The molecule has 0 spiro atoms. The molecule has 0 radical (unpaired) electrons. The summed E-state index contributed by atoms with van der Waals surface area (Å²) < 4.78 is 0. The van der Waals surface area contributed by atoms with Crippen LogP contribution in [0.2, 0.25) is 0 Å². The first kappa shape index (κ1) is 21.7. The van der Waals surface area contributed by atoms with Gasteiger partial charge in [-0.1, -0.05) is 0 Å². The molecule has 6 N–H and O–H groups in total. The topological polar surface area (TPSA) is 162 Å². The molecule has 23 heavy (non-hydrogen) atoms. The minimum atomic E-state index is -1.82. The fraction of sp³-hybridized carbons (Fsp3) is 0.846.